The highest BCUT2D eigenvalue weighted by atomic mass is 19.1. The van der Waals surface area contributed by atoms with Crippen molar-refractivity contribution in [1.82, 2.24) is 9.97 Å². The van der Waals surface area contributed by atoms with Crippen LogP contribution in [-0.2, 0) is 4.74 Å². The van der Waals surface area contributed by atoms with Crippen LogP contribution in [0.5, 0.6) is 0 Å². The summed E-state index contributed by atoms with van der Waals surface area (Å²) in [6.45, 7) is 3.16. The smallest absolute Gasteiger partial charge is 0.274 e. The zero-order valence-electron chi connectivity index (χ0n) is 18.0. The van der Waals surface area contributed by atoms with Crippen molar-refractivity contribution in [2.24, 2.45) is 0 Å². The molecule has 3 aromatic rings. The molecule has 2 aromatic heterocycles. The standard InChI is InChI=1S/C24H23F2N3O4/c1-13-24(2,32)21(30)11-20(33-13)15-9-10-27-12-19(15)29-23(31)18-8-7-17(26)22(28-18)14-5-3-4-6-16(14)25/h3-10,12-13,20-21,30,32H,11H2,1-2H3,(H,29,31)/t13-,20-,21-,24-/m1/s1. The summed E-state index contributed by atoms with van der Waals surface area (Å²) >= 11 is 0. The number of nitrogens with zero attached hydrogens (tertiary/aromatic N) is 2. The molecule has 0 radical (unpaired) electrons. The molecule has 1 saturated heterocycles. The Bertz CT molecular complexity index is 1170. The summed E-state index contributed by atoms with van der Waals surface area (Å²) in [6.07, 6.45) is 0.738. The number of anilines is 1. The molecule has 7 nitrogen and oxygen atoms in total. The van der Waals surface area contributed by atoms with Crippen LogP contribution >= 0.6 is 0 Å². The van der Waals surface area contributed by atoms with Crippen molar-refractivity contribution >= 4 is 11.6 Å². The number of aliphatic hydroxyl groups excluding tert-OH is 1. The maximum absolute atomic E-state index is 14.3. The number of benzene rings is 1. The monoisotopic (exact) mass is 455 g/mol. The molecule has 1 amide bonds. The van der Waals surface area contributed by atoms with Crippen molar-refractivity contribution in [1.29, 1.82) is 0 Å². The largest absolute Gasteiger partial charge is 0.390 e. The Balaban J connectivity index is 1.61. The van der Waals surface area contributed by atoms with E-state index in [0.717, 1.165) is 6.07 Å². The summed E-state index contributed by atoms with van der Waals surface area (Å²) in [5, 5.41) is 23.4. The molecule has 9 heteroatoms. The topological polar surface area (TPSA) is 105 Å². The van der Waals surface area contributed by atoms with Crippen molar-refractivity contribution in [3.8, 4) is 11.3 Å². The van der Waals surface area contributed by atoms with Crippen LogP contribution in [0.1, 0.15) is 42.4 Å². The van der Waals surface area contributed by atoms with Gasteiger partial charge in [0, 0.05) is 23.7 Å². The second-order valence-electron chi connectivity index (χ2n) is 8.17. The Kier molecular flexibility index (Phi) is 6.20. The highest BCUT2D eigenvalue weighted by Crippen LogP contribution is 2.39. The molecule has 3 N–H and O–H groups in total. The summed E-state index contributed by atoms with van der Waals surface area (Å²) in [7, 11) is 0. The lowest BCUT2D eigenvalue weighted by atomic mass is 9.84. The molecule has 0 bridgehead atoms. The van der Waals surface area contributed by atoms with Gasteiger partial charge in [0.25, 0.3) is 5.91 Å². The van der Waals surface area contributed by atoms with E-state index in [1.54, 1.807) is 19.1 Å². The molecular formula is C24H23F2N3O4. The third-order valence-corrected chi connectivity index (χ3v) is 5.96. The molecular weight excluding hydrogens is 432 g/mol. The average molecular weight is 455 g/mol. The maximum atomic E-state index is 14.3. The molecule has 33 heavy (non-hydrogen) atoms. The highest BCUT2D eigenvalue weighted by molar-refractivity contribution is 6.03. The number of pyridine rings is 2. The van der Waals surface area contributed by atoms with Gasteiger partial charge in [-0.25, -0.2) is 13.8 Å². The van der Waals surface area contributed by atoms with Gasteiger partial charge in [-0.2, -0.15) is 0 Å². The van der Waals surface area contributed by atoms with Gasteiger partial charge in [0.15, 0.2) is 0 Å². The summed E-state index contributed by atoms with van der Waals surface area (Å²) in [4.78, 5) is 21.0. The minimum atomic E-state index is -1.41. The number of carbonyl (C=O) groups excluding carboxylic acids is 1. The van der Waals surface area contributed by atoms with Gasteiger partial charge in [0.2, 0.25) is 0 Å². The van der Waals surface area contributed by atoms with Crippen molar-refractivity contribution in [3.63, 3.8) is 0 Å². The molecule has 1 fully saturated rings. The van der Waals surface area contributed by atoms with Gasteiger partial charge in [0.1, 0.15) is 28.6 Å². The molecule has 172 valence electrons. The van der Waals surface area contributed by atoms with Crippen LogP contribution in [0, 0.1) is 11.6 Å². The van der Waals surface area contributed by atoms with E-state index in [2.05, 4.69) is 15.3 Å². The van der Waals surface area contributed by atoms with E-state index in [0.29, 0.717) is 11.3 Å². The van der Waals surface area contributed by atoms with E-state index in [9.17, 15) is 23.8 Å². The van der Waals surface area contributed by atoms with E-state index >= 15 is 0 Å². The average Bonchev–Trinajstić information content (AvgIpc) is 2.79. The van der Waals surface area contributed by atoms with Gasteiger partial charge < -0.3 is 20.3 Å². The SMILES string of the molecule is C[C@H]1O[C@@H](c2ccncc2NC(=O)c2ccc(F)c(-c3ccccc3F)n2)C[C@@H](O)[C@]1(C)O. The summed E-state index contributed by atoms with van der Waals surface area (Å²) in [6, 6.07) is 9.48. The van der Waals surface area contributed by atoms with Crippen LogP contribution in [-0.4, -0.2) is 43.9 Å². The first-order valence-corrected chi connectivity index (χ1v) is 10.4. The number of hydrogen-bond acceptors (Lipinski definition) is 6. The van der Waals surface area contributed by atoms with E-state index in [4.69, 9.17) is 4.74 Å². The van der Waals surface area contributed by atoms with Crippen molar-refractivity contribution in [3.05, 3.63) is 77.8 Å². The zero-order valence-corrected chi connectivity index (χ0v) is 18.0. The number of ether oxygens (including phenoxy) is 1. The first-order valence-electron chi connectivity index (χ1n) is 10.4. The van der Waals surface area contributed by atoms with Crippen molar-refractivity contribution in [2.45, 2.75) is 44.2 Å². The minimum Gasteiger partial charge on any atom is -0.390 e. The van der Waals surface area contributed by atoms with Crippen LogP contribution in [0.25, 0.3) is 11.3 Å². The number of aromatic nitrogens is 2. The number of amides is 1. The molecule has 0 unspecified atom stereocenters. The summed E-state index contributed by atoms with van der Waals surface area (Å²) in [5.74, 6) is -2.07. The second-order valence-corrected chi connectivity index (χ2v) is 8.17. The summed E-state index contributed by atoms with van der Waals surface area (Å²) in [5.41, 5.74) is -0.999. The van der Waals surface area contributed by atoms with E-state index in [1.165, 1.54) is 43.6 Å². The number of carbonyl (C=O) groups is 1. The number of rotatable bonds is 4. The fourth-order valence-electron chi connectivity index (χ4n) is 3.74. The fourth-order valence-corrected chi connectivity index (χ4v) is 3.74. The third kappa shape index (κ3) is 4.47. The number of nitrogens with one attached hydrogen (secondary N) is 1. The van der Waals surface area contributed by atoms with Gasteiger partial charge in [-0.1, -0.05) is 12.1 Å². The van der Waals surface area contributed by atoms with Crippen LogP contribution < -0.4 is 5.32 Å². The molecule has 1 aromatic carbocycles. The quantitative estimate of drug-likeness (QED) is 0.555. The van der Waals surface area contributed by atoms with E-state index in [1.807, 2.05) is 0 Å². The molecule has 0 spiro atoms. The first-order chi connectivity index (χ1) is 15.7. The molecule has 1 aliphatic rings. The Morgan fingerprint density at radius 2 is 1.94 bits per heavy atom. The first kappa shape index (κ1) is 22.9. The van der Waals surface area contributed by atoms with Crippen LogP contribution in [0.3, 0.4) is 0 Å². The lowest BCUT2D eigenvalue weighted by molar-refractivity contribution is -0.215. The number of aliphatic hydroxyl groups is 2. The van der Waals surface area contributed by atoms with E-state index < -0.39 is 41.5 Å². The number of hydrogen-bond donors (Lipinski definition) is 3. The van der Waals surface area contributed by atoms with Crippen molar-refractivity contribution in [2.75, 3.05) is 5.32 Å². The highest BCUT2D eigenvalue weighted by Gasteiger charge is 2.44. The predicted molar refractivity (Wildman–Crippen MR) is 116 cm³/mol. The molecule has 4 atom stereocenters. The lowest BCUT2D eigenvalue weighted by Crippen LogP contribution is -2.54. The zero-order chi connectivity index (χ0) is 23.8. The number of halogens is 2. The van der Waals surface area contributed by atoms with Crippen LogP contribution in [0.15, 0.2) is 54.9 Å². The predicted octanol–water partition coefficient (Wildman–Crippen LogP) is 3.64. The fraction of sp³-hybridized carbons (Fsp3) is 0.292. The normalized spacial score (nSPS) is 25.0. The lowest BCUT2D eigenvalue weighted by Gasteiger charge is -2.43. The van der Waals surface area contributed by atoms with Gasteiger partial charge >= 0.3 is 0 Å². The van der Waals surface area contributed by atoms with Gasteiger partial charge in [0.05, 0.1) is 30.2 Å². The minimum absolute atomic E-state index is 0.0580. The molecule has 1 aliphatic heterocycles. The Labute approximate surface area is 189 Å². The van der Waals surface area contributed by atoms with Crippen LogP contribution in [0.4, 0.5) is 14.5 Å². The van der Waals surface area contributed by atoms with E-state index in [-0.39, 0.29) is 23.4 Å². The third-order valence-electron chi connectivity index (χ3n) is 5.96. The molecule has 0 aliphatic carbocycles. The van der Waals surface area contributed by atoms with Gasteiger partial charge in [-0.05, 0) is 44.2 Å². The van der Waals surface area contributed by atoms with Crippen LogP contribution in [0.2, 0.25) is 0 Å². The van der Waals surface area contributed by atoms with Gasteiger partial charge in [-0.3, -0.25) is 9.78 Å². The molecule has 3 heterocycles. The Hall–Kier alpha value is -3.27. The second kappa shape index (κ2) is 8.93. The van der Waals surface area contributed by atoms with Gasteiger partial charge in [-0.15, -0.1) is 0 Å². The summed E-state index contributed by atoms with van der Waals surface area (Å²) < 4.78 is 34.4. The Morgan fingerprint density at radius 3 is 2.67 bits per heavy atom. The maximum Gasteiger partial charge on any atom is 0.274 e. The Morgan fingerprint density at radius 1 is 1.18 bits per heavy atom. The molecule has 4 rings (SSSR count). The molecule has 0 saturated carbocycles. The van der Waals surface area contributed by atoms with Crippen molar-refractivity contribution < 1.29 is 28.5 Å².